The summed E-state index contributed by atoms with van der Waals surface area (Å²) in [6.45, 7) is 8.84. The van der Waals surface area contributed by atoms with Crippen LogP contribution in [0.15, 0.2) is 46.6 Å². The van der Waals surface area contributed by atoms with Crippen LogP contribution in [0.2, 0.25) is 0 Å². The molecule has 0 spiro atoms. The molecule has 0 saturated carbocycles. The smallest absolute Gasteiger partial charge is 0.334 e. The van der Waals surface area contributed by atoms with Gasteiger partial charge in [0.2, 0.25) is 0 Å². The molecule has 0 aliphatic rings. The maximum atomic E-state index is 12.8. The summed E-state index contributed by atoms with van der Waals surface area (Å²) >= 11 is 0. The molecule has 1 amide bonds. The number of ether oxygens (including phenoxy) is 1. The first-order chi connectivity index (χ1) is 14.7. The van der Waals surface area contributed by atoms with E-state index >= 15 is 0 Å². The Kier molecular flexibility index (Phi) is 10.6. The Bertz CT molecular complexity index is 891. The molecule has 1 rings (SSSR count). The van der Waals surface area contributed by atoms with Crippen LogP contribution in [0, 0.1) is 0 Å². The van der Waals surface area contributed by atoms with Crippen molar-refractivity contribution < 1.29 is 23.9 Å². The minimum Gasteiger partial charge on any atom is -0.466 e. The second kappa shape index (κ2) is 12.6. The molecule has 0 aliphatic heterocycles. The summed E-state index contributed by atoms with van der Waals surface area (Å²) in [5.41, 5.74) is 3.29. The number of esters is 1. The molecule has 0 unspecified atom stereocenters. The molecule has 0 aliphatic carbocycles. The monoisotopic (exact) mass is 427 g/mol. The number of Topliss-reactive ketones (excluding diaryl/α,β-unsaturated/α-hetero) is 2. The Hall–Kier alpha value is -3.02. The highest BCUT2D eigenvalue weighted by atomic mass is 16.5. The van der Waals surface area contributed by atoms with Gasteiger partial charge in [0.05, 0.1) is 7.11 Å². The normalized spacial score (nSPS) is 12.5. The Morgan fingerprint density at radius 1 is 0.774 bits per heavy atom. The molecular formula is C25H33NO5. The number of anilines is 1. The molecule has 0 atom stereocenters. The third-order valence-corrected chi connectivity index (χ3v) is 5.19. The van der Waals surface area contributed by atoms with Gasteiger partial charge in [-0.1, -0.05) is 39.8 Å². The minimum atomic E-state index is -0.470. The lowest BCUT2D eigenvalue weighted by atomic mass is 9.95. The molecule has 0 radical (unpaired) electrons. The lowest BCUT2D eigenvalue weighted by Crippen LogP contribution is -2.18. The SMILES string of the molecule is CC/C(C(C)=O)=C(\CC)C(=O)Nc1ccc(CC(=O)/C(CC)=C(/CC)C(=O)OC)cc1. The number of benzene rings is 1. The van der Waals surface area contributed by atoms with Crippen LogP contribution in [-0.4, -0.2) is 30.6 Å². The summed E-state index contributed by atoms with van der Waals surface area (Å²) in [5, 5.41) is 2.82. The highest BCUT2D eigenvalue weighted by molar-refractivity contribution is 6.10. The second-order valence-electron chi connectivity index (χ2n) is 7.13. The van der Waals surface area contributed by atoms with Gasteiger partial charge in [-0.15, -0.1) is 0 Å². The topological polar surface area (TPSA) is 89.5 Å². The van der Waals surface area contributed by atoms with Crippen molar-refractivity contribution in [3.63, 3.8) is 0 Å². The first kappa shape index (κ1) is 26.0. The summed E-state index contributed by atoms with van der Waals surface area (Å²) in [7, 11) is 1.31. The number of rotatable bonds is 11. The average Bonchev–Trinajstić information content (AvgIpc) is 2.75. The maximum Gasteiger partial charge on any atom is 0.334 e. The number of hydrogen-bond donors (Lipinski definition) is 1. The van der Waals surface area contributed by atoms with Crippen LogP contribution in [0.25, 0.3) is 0 Å². The molecule has 31 heavy (non-hydrogen) atoms. The van der Waals surface area contributed by atoms with Gasteiger partial charge in [0.15, 0.2) is 11.6 Å². The lowest BCUT2D eigenvalue weighted by Gasteiger charge is -2.12. The van der Waals surface area contributed by atoms with Crippen molar-refractivity contribution >= 4 is 29.1 Å². The Balaban J connectivity index is 3.01. The molecule has 0 saturated heterocycles. The van der Waals surface area contributed by atoms with E-state index in [1.54, 1.807) is 24.3 Å². The van der Waals surface area contributed by atoms with Gasteiger partial charge in [0.1, 0.15) is 0 Å². The first-order valence-electron chi connectivity index (χ1n) is 10.7. The highest BCUT2D eigenvalue weighted by Gasteiger charge is 2.19. The van der Waals surface area contributed by atoms with Crippen molar-refractivity contribution in [2.24, 2.45) is 0 Å². The van der Waals surface area contributed by atoms with E-state index in [9.17, 15) is 19.2 Å². The van der Waals surface area contributed by atoms with Crippen molar-refractivity contribution in [2.45, 2.75) is 66.7 Å². The van der Waals surface area contributed by atoms with Gasteiger partial charge in [-0.25, -0.2) is 4.79 Å². The fourth-order valence-electron chi connectivity index (χ4n) is 3.57. The van der Waals surface area contributed by atoms with Crippen LogP contribution < -0.4 is 5.32 Å². The number of carbonyl (C=O) groups is 4. The highest BCUT2D eigenvalue weighted by Crippen LogP contribution is 2.20. The van der Waals surface area contributed by atoms with Crippen molar-refractivity contribution in [3.05, 3.63) is 52.1 Å². The quantitative estimate of drug-likeness (QED) is 0.407. The average molecular weight is 428 g/mol. The van der Waals surface area contributed by atoms with Crippen molar-refractivity contribution in [1.82, 2.24) is 0 Å². The molecule has 168 valence electrons. The van der Waals surface area contributed by atoms with E-state index in [1.807, 2.05) is 27.7 Å². The minimum absolute atomic E-state index is 0.0958. The summed E-state index contributed by atoms with van der Waals surface area (Å²) in [4.78, 5) is 49.1. The molecule has 0 bridgehead atoms. The van der Waals surface area contributed by atoms with Crippen LogP contribution in [0.3, 0.4) is 0 Å². The second-order valence-corrected chi connectivity index (χ2v) is 7.13. The molecule has 1 aromatic rings. The van der Waals surface area contributed by atoms with Crippen molar-refractivity contribution in [3.8, 4) is 0 Å². The molecular weight excluding hydrogens is 394 g/mol. The zero-order valence-electron chi connectivity index (χ0n) is 19.4. The molecule has 0 heterocycles. The molecule has 1 N–H and O–H groups in total. The van der Waals surface area contributed by atoms with Crippen LogP contribution in [-0.2, 0) is 30.3 Å². The fraction of sp³-hybridized carbons (Fsp3) is 0.440. The summed E-state index contributed by atoms with van der Waals surface area (Å²) in [5.74, 6) is -0.976. The third-order valence-electron chi connectivity index (χ3n) is 5.19. The van der Waals surface area contributed by atoms with Gasteiger partial charge in [0.25, 0.3) is 5.91 Å². The first-order valence-corrected chi connectivity index (χ1v) is 10.7. The number of carbonyl (C=O) groups excluding carboxylic acids is 4. The maximum absolute atomic E-state index is 12.8. The third kappa shape index (κ3) is 7.02. The van der Waals surface area contributed by atoms with Gasteiger partial charge >= 0.3 is 5.97 Å². The van der Waals surface area contributed by atoms with Crippen LogP contribution in [0.4, 0.5) is 5.69 Å². The van der Waals surface area contributed by atoms with Gasteiger partial charge in [-0.05, 0) is 50.3 Å². The van der Waals surface area contributed by atoms with E-state index in [1.165, 1.54) is 14.0 Å². The zero-order chi connectivity index (χ0) is 23.6. The summed E-state index contributed by atoms with van der Waals surface area (Å²) in [6.07, 6.45) is 2.01. The van der Waals surface area contributed by atoms with Gasteiger partial charge in [-0.2, -0.15) is 0 Å². The molecule has 0 fully saturated rings. The Morgan fingerprint density at radius 3 is 1.71 bits per heavy atom. The Labute approximate surface area is 184 Å². The van der Waals surface area contributed by atoms with Crippen molar-refractivity contribution in [1.29, 1.82) is 0 Å². The van der Waals surface area contributed by atoms with E-state index in [0.29, 0.717) is 53.7 Å². The summed E-state index contributed by atoms with van der Waals surface area (Å²) < 4.78 is 4.79. The number of ketones is 2. The number of hydrogen-bond acceptors (Lipinski definition) is 5. The molecule has 0 aromatic heterocycles. The number of methoxy groups -OCH3 is 1. The van der Waals surface area contributed by atoms with Gasteiger partial charge < -0.3 is 10.1 Å². The van der Waals surface area contributed by atoms with Crippen LogP contribution in [0.1, 0.15) is 65.9 Å². The standard InChI is InChI=1S/C25H33NO5/c1-7-19(16(5)27)21(9-3)24(29)26-18-13-11-17(12-14-18)15-23(28)20(8-2)22(10-4)25(30)31-6/h11-14H,7-10,15H2,1-6H3,(H,26,29)/b21-19-,22-20-. The van der Waals surface area contributed by atoms with E-state index in [2.05, 4.69) is 5.32 Å². The fourth-order valence-corrected chi connectivity index (χ4v) is 3.57. The number of allylic oxidation sites excluding steroid dienone is 2. The number of nitrogens with one attached hydrogen (secondary N) is 1. The van der Waals surface area contributed by atoms with Crippen molar-refractivity contribution in [2.75, 3.05) is 12.4 Å². The van der Waals surface area contributed by atoms with E-state index in [0.717, 1.165) is 5.56 Å². The molecule has 1 aromatic carbocycles. The van der Waals surface area contributed by atoms with E-state index < -0.39 is 5.97 Å². The predicted molar refractivity (Wildman–Crippen MR) is 122 cm³/mol. The van der Waals surface area contributed by atoms with Crippen LogP contribution >= 0.6 is 0 Å². The Morgan fingerprint density at radius 2 is 1.29 bits per heavy atom. The van der Waals surface area contributed by atoms with Gasteiger partial charge in [-0.3, -0.25) is 14.4 Å². The van der Waals surface area contributed by atoms with E-state index in [-0.39, 0.29) is 23.9 Å². The summed E-state index contributed by atoms with van der Waals surface area (Å²) in [6, 6.07) is 6.99. The predicted octanol–water partition coefficient (Wildman–Crippen LogP) is 4.73. The molecule has 6 heteroatoms. The van der Waals surface area contributed by atoms with E-state index in [4.69, 9.17) is 4.74 Å². The molecule has 6 nitrogen and oxygen atoms in total. The van der Waals surface area contributed by atoms with Crippen LogP contribution in [0.5, 0.6) is 0 Å². The van der Waals surface area contributed by atoms with Gasteiger partial charge in [0, 0.05) is 34.4 Å². The number of amides is 1. The largest absolute Gasteiger partial charge is 0.466 e. The lowest BCUT2D eigenvalue weighted by molar-refractivity contribution is -0.136. The zero-order valence-corrected chi connectivity index (χ0v) is 19.4.